The Morgan fingerprint density at radius 1 is 1.31 bits per heavy atom. The highest BCUT2D eigenvalue weighted by molar-refractivity contribution is 6.30. The lowest BCUT2D eigenvalue weighted by Crippen LogP contribution is -2.45. The molecule has 2 saturated heterocycles. The van der Waals surface area contributed by atoms with E-state index < -0.39 is 11.9 Å². The molecule has 3 atom stereocenters. The number of rotatable bonds is 7. The lowest BCUT2D eigenvalue weighted by Gasteiger charge is -2.25. The van der Waals surface area contributed by atoms with Crippen molar-refractivity contribution in [3.05, 3.63) is 46.5 Å². The Bertz CT molecular complexity index is 817. The topological polar surface area (TPSA) is 84.7 Å². The molecule has 8 nitrogen and oxygen atoms in total. The van der Waals surface area contributed by atoms with Crippen molar-refractivity contribution in [2.75, 3.05) is 32.9 Å². The summed E-state index contributed by atoms with van der Waals surface area (Å²) in [5.41, 5.74) is 1.64. The van der Waals surface area contributed by atoms with Crippen LogP contribution >= 0.6 is 11.6 Å². The van der Waals surface area contributed by atoms with Gasteiger partial charge >= 0.3 is 0 Å². The van der Waals surface area contributed by atoms with Crippen LogP contribution in [0.3, 0.4) is 0 Å². The van der Waals surface area contributed by atoms with Crippen molar-refractivity contribution < 1.29 is 19.0 Å². The lowest BCUT2D eigenvalue weighted by molar-refractivity contribution is 0.0336. The van der Waals surface area contributed by atoms with Crippen molar-refractivity contribution in [1.29, 1.82) is 0 Å². The van der Waals surface area contributed by atoms with Gasteiger partial charge in [-0.05, 0) is 17.7 Å². The second kappa shape index (κ2) is 9.46. The van der Waals surface area contributed by atoms with Crippen LogP contribution in [0.1, 0.15) is 11.3 Å². The van der Waals surface area contributed by atoms with Gasteiger partial charge in [0, 0.05) is 32.4 Å². The molecule has 1 aromatic carbocycles. The van der Waals surface area contributed by atoms with Crippen LogP contribution in [0.15, 0.2) is 24.4 Å². The average Bonchev–Trinajstić information content (AvgIpc) is 3.30. The Labute approximate surface area is 173 Å². The van der Waals surface area contributed by atoms with Gasteiger partial charge in [0.05, 0.1) is 55.3 Å². The Balaban J connectivity index is 1.33. The summed E-state index contributed by atoms with van der Waals surface area (Å²) in [5.74, 6) is -0.457. The fourth-order valence-corrected chi connectivity index (χ4v) is 3.79. The summed E-state index contributed by atoms with van der Waals surface area (Å²) < 4.78 is 26.5. The molecule has 2 aliphatic rings. The maximum atomic E-state index is 13.6. The first-order chi connectivity index (χ1) is 14.1. The van der Waals surface area contributed by atoms with Gasteiger partial charge in [0.15, 0.2) is 0 Å². The van der Waals surface area contributed by atoms with E-state index in [-0.39, 0.29) is 23.8 Å². The summed E-state index contributed by atoms with van der Waals surface area (Å²) in [6, 6.07) is 4.38. The summed E-state index contributed by atoms with van der Waals surface area (Å²) in [6.45, 7) is 5.12. The SMILES string of the molecule is O[C@H]1CO[C@H](Cn2cc(CN3CCOCC3)nn2)[C@@H]1NCc1ccc(Cl)c(F)c1. The molecule has 0 bridgehead atoms. The number of morpholine rings is 1. The number of nitrogens with zero attached hydrogens (tertiary/aromatic N) is 4. The normalized spacial score (nSPS) is 25.6. The van der Waals surface area contributed by atoms with Crippen LogP contribution in [-0.4, -0.2) is 76.2 Å². The molecule has 2 aliphatic heterocycles. The number of hydrogen-bond acceptors (Lipinski definition) is 7. The van der Waals surface area contributed by atoms with Crippen LogP contribution in [0.5, 0.6) is 0 Å². The monoisotopic (exact) mass is 425 g/mol. The van der Waals surface area contributed by atoms with Crippen LogP contribution in [0.4, 0.5) is 4.39 Å². The predicted octanol–water partition coefficient (Wildman–Crippen LogP) is 0.821. The zero-order chi connectivity index (χ0) is 20.2. The van der Waals surface area contributed by atoms with Crippen molar-refractivity contribution in [3.63, 3.8) is 0 Å². The molecule has 0 saturated carbocycles. The van der Waals surface area contributed by atoms with E-state index in [4.69, 9.17) is 21.1 Å². The first-order valence-corrected chi connectivity index (χ1v) is 10.1. The van der Waals surface area contributed by atoms with Crippen molar-refractivity contribution in [2.24, 2.45) is 0 Å². The van der Waals surface area contributed by atoms with E-state index in [2.05, 4.69) is 20.5 Å². The highest BCUT2D eigenvalue weighted by Gasteiger charge is 2.36. The molecule has 158 valence electrons. The molecule has 0 unspecified atom stereocenters. The van der Waals surface area contributed by atoms with Crippen LogP contribution in [0.2, 0.25) is 5.02 Å². The summed E-state index contributed by atoms with van der Waals surface area (Å²) in [4.78, 5) is 2.28. The number of benzene rings is 1. The molecule has 29 heavy (non-hydrogen) atoms. The van der Waals surface area contributed by atoms with Gasteiger partial charge in [0.2, 0.25) is 0 Å². The van der Waals surface area contributed by atoms with Crippen molar-refractivity contribution in [1.82, 2.24) is 25.2 Å². The molecule has 1 aromatic heterocycles. The van der Waals surface area contributed by atoms with Crippen LogP contribution in [0, 0.1) is 5.82 Å². The highest BCUT2D eigenvalue weighted by Crippen LogP contribution is 2.19. The number of nitrogens with one attached hydrogen (secondary N) is 1. The second-order valence-corrected chi connectivity index (χ2v) is 7.82. The number of hydrogen-bond donors (Lipinski definition) is 2. The number of halogens is 2. The summed E-state index contributed by atoms with van der Waals surface area (Å²) >= 11 is 5.73. The molecule has 4 rings (SSSR count). The van der Waals surface area contributed by atoms with Crippen LogP contribution in [0.25, 0.3) is 0 Å². The van der Waals surface area contributed by atoms with Gasteiger partial charge in [0.1, 0.15) is 5.82 Å². The molecule has 0 spiro atoms. The molecule has 2 N–H and O–H groups in total. The molecular formula is C19H25ClFN5O3. The number of aromatic nitrogens is 3. The number of aliphatic hydroxyl groups excluding tert-OH is 1. The van der Waals surface area contributed by atoms with E-state index in [0.29, 0.717) is 13.1 Å². The lowest BCUT2D eigenvalue weighted by atomic mass is 10.1. The molecule has 2 fully saturated rings. The highest BCUT2D eigenvalue weighted by atomic mass is 35.5. The smallest absolute Gasteiger partial charge is 0.142 e. The number of ether oxygens (including phenoxy) is 2. The van der Waals surface area contributed by atoms with E-state index >= 15 is 0 Å². The second-order valence-electron chi connectivity index (χ2n) is 7.41. The molecule has 2 aromatic rings. The minimum Gasteiger partial charge on any atom is -0.389 e. The Morgan fingerprint density at radius 3 is 2.93 bits per heavy atom. The van der Waals surface area contributed by atoms with E-state index in [1.54, 1.807) is 10.7 Å². The molecular weight excluding hydrogens is 401 g/mol. The van der Waals surface area contributed by atoms with Crippen LogP contribution in [-0.2, 0) is 29.1 Å². The fourth-order valence-electron chi connectivity index (χ4n) is 3.67. The average molecular weight is 426 g/mol. The van der Waals surface area contributed by atoms with E-state index in [0.717, 1.165) is 44.1 Å². The Kier molecular flexibility index (Phi) is 6.74. The summed E-state index contributed by atoms with van der Waals surface area (Å²) in [7, 11) is 0. The molecule has 0 radical (unpaired) electrons. The third-order valence-electron chi connectivity index (χ3n) is 5.26. The zero-order valence-electron chi connectivity index (χ0n) is 16.0. The van der Waals surface area contributed by atoms with E-state index in [1.807, 2.05) is 6.20 Å². The van der Waals surface area contributed by atoms with Gasteiger partial charge < -0.3 is 19.9 Å². The quantitative estimate of drug-likeness (QED) is 0.679. The van der Waals surface area contributed by atoms with Crippen molar-refractivity contribution in [2.45, 2.75) is 37.9 Å². The van der Waals surface area contributed by atoms with Gasteiger partial charge in [-0.1, -0.05) is 22.9 Å². The fraction of sp³-hybridized carbons (Fsp3) is 0.579. The predicted molar refractivity (Wildman–Crippen MR) is 104 cm³/mol. The van der Waals surface area contributed by atoms with Gasteiger partial charge in [-0.15, -0.1) is 5.10 Å². The van der Waals surface area contributed by atoms with Gasteiger partial charge in [0.25, 0.3) is 0 Å². The zero-order valence-corrected chi connectivity index (χ0v) is 16.8. The van der Waals surface area contributed by atoms with Crippen LogP contribution < -0.4 is 5.32 Å². The standard InChI is InChI=1S/C19H25ClFN5O3/c20-15-2-1-13(7-16(15)21)8-22-19-17(27)12-29-18(19)11-26-10-14(23-24-26)9-25-3-5-28-6-4-25/h1-2,7,10,17-19,22,27H,3-6,8-9,11-12H2/t17-,18+,19+/m0/s1. The summed E-state index contributed by atoms with van der Waals surface area (Å²) in [5, 5.41) is 22.1. The largest absolute Gasteiger partial charge is 0.389 e. The summed E-state index contributed by atoms with van der Waals surface area (Å²) in [6.07, 6.45) is 1.00. The maximum absolute atomic E-state index is 13.6. The van der Waals surface area contributed by atoms with Crippen molar-refractivity contribution >= 4 is 11.6 Å². The minimum absolute atomic E-state index is 0.0925. The van der Waals surface area contributed by atoms with Gasteiger partial charge in [-0.25, -0.2) is 9.07 Å². The first kappa shape index (κ1) is 20.6. The Morgan fingerprint density at radius 2 is 2.14 bits per heavy atom. The number of aliphatic hydroxyl groups is 1. The molecule has 3 heterocycles. The molecule has 0 aliphatic carbocycles. The van der Waals surface area contributed by atoms with E-state index in [9.17, 15) is 9.50 Å². The minimum atomic E-state index is -0.645. The molecule has 10 heteroatoms. The van der Waals surface area contributed by atoms with Gasteiger partial charge in [-0.2, -0.15) is 0 Å². The van der Waals surface area contributed by atoms with Crippen molar-refractivity contribution in [3.8, 4) is 0 Å². The Hall–Kier alpha value is -1.62. The third kappa shape index (κ3) is 5.30. The van der Waals surface area contributed by atoms with Gasteiger partial charge in [-0.3, -0.25) is 4.90 Å². The molecule has 0 amide bonds. The first-order valence-electron chi connectivity index (χ1n) is 9.74. The van der Waals surface area contributed by atoms with E-state index in [1.165, 1.54) is 12.1 Å². The maximum Gasteiger partial charge on any atom is 0.142 e. The third-order valence-corrected chi connectivity index (χ3v) is 5.57.